The predicted molar refractivity (Wildman–Crippen MR) is 153 cm³/mol. The standard InChI is InChI=1S/C32H20N2O8/c1-17(35)39-23-7-3-5-21(13-23)29-33-27-11-9-19(15-25(27)31(37)41-29)20-10-12-28-26(16-20)32(38)42-30(34-28)22-6-4-8-24(14-22)40-18(2)36/h3-16H,1-2H3. The topological polar surface area (TPSA) is 139 Å². The maximum atomic E-state index is 12.9. The molecule has 0 aliphatic rings. The van der Waals surface area contributed by atoms with Crippen LogP contribution in [0, 0.1) is 0 Å². The largest absolute Gasteiger partial charge is 0.427 e. The van der Waals surface area contributed by atoms with E-state index in [9.17, 15) is 19.2 Å². The number of esters is 2. The average Bonchev–Trinajstić information content (AvgIpc) is 2.96. The van der Waals surface area contributed by atoms with Crippen molar-refractivity contribution in [3.8, 4) is 45.5 Å². The number of fused-ring (bicyclic) bond motifs is 2. The number of benzene rings is 4. The van der Waals surface area contributed by atoms with Crippen LogP contribution in [0.15, 0.2) is 103 Å². The van der Waals surface area contributed by atoms with Crippen molar-refractivity contribution < 1.29 is 27.9 Å². The molecular weight excluding hydrogens is 540 g/mol. The zero-order valence-electron chi connectivity index (χ0n) is 22.2. The Bertz CT molecular complexity index is 2010. The van der Waals surface area contributed by atoms with Crippen LogP contribution in [-0.4, -0.2) is 21.9 Å². The van der Waals surface area contributed by atoms with Gasteiger partial charge in [0.1, 0.15) is 11.5 Å². The normalized spacial score (nSPS) is 11.0. The fourth-order valence-corrected chi connectivity index (χ4v) is 4.47. The Balaban J connectivity index is 1.35. The van der Waals surface area contributed by atoms with E-state index in [1.54, 1.807) is 84.9 Å². The molecule has 0 saturated heterocycles. The van der Waals surface area contributed by atoms with E-state index >= 15 is 0 Å². The Morgan fingerprint density at radius 3 is 1.40 bits per heavy atom. The molecular formula is C32H20N2O8. The Kier molecular flexibility index (Phi) is 6.63. The van der Waals surface area contributed by atoms with E-state index in [1.165, 1.54) is 13.8 Å². The zero-order valence-corrected chi connectivity index (χ0v) is 22.2. The molecule has 6 aromatic rings. The summed E-state index contributed by atoms with van der Waals surface area (Å²) >= 11 is 0. The van der Waals surface area contributed by atoms with Crippen molar-refractivity contribution in [3.63, 3.8) is 0 Å². The minimum Gasteiger partial charge on any atom is -0.427 e. The lowest BCUT2D eigenvalue weighted by Gasteiger charge is -2.08. The third-order valence-corrected chi connectivity index (χ3v) is 6.27. The average molecular weight is 561 g/mol. The molecule has 0 atom stereocenters. The van der Waals surface area contributed by atoms with Gasteiger partial charge >= 0.3 is 23.2 Å². The maximum Gasteiger partial charge on any atom is 0.347 e. The first-order chi connectivity index (χ1) is 20.2. The highest BCUT2D eigenvalue weighted by molar-refractivity contribution is 5.88. The highest BCUT2D eigenvalue weighted by atomic mass is 16.5. The second-order valence-electron chi connectivity index (χ2n) is 9.32. The number of rotatable bonds is 5. The Morgan fingerprint density at radius 1 is 0.571 bits per heavy atom. The van der Waals surface area contributed by atoms with Gasteiger partial charge in [-0.05, 0) is 71.8 Å². The molecule has 10 heteroatoms. The minimum atomic E-state index is -0.600. The Labute approximate surface area is 236 Å². The van der Waals surface area contributed by atoms with Gasteiger partial charge in [-0.1, -0.05) is 24.3 Å². The van der Waals surface area contributed by atoms with E-state index in [1.807, 2.05) is 0 Å². The van der Waals surface area contributed by atoms with Gasteiger partial charge in [0.25, 0.3) is 0 Å². The van der Waals surface area contributed by atoms with E-state index in [-0.39, 0.29) is 22.6 Å². The summed E-state index contributed by atoms with van der Waals surface area (Å²) in [6.45, 7) is 2.59. The number of aromatic nitrogens is 2. The van der Waals surface area contributed by atoms with Crippen LogP contribution in [-0.2, 0) is 9.59 Å². The van der Waals surface area contributed by atoms with E-state index < -0.39 is 23.2 Å². The smallest absolute Gasteiger partial charge is 0.347 e. The molecule has 0 bridgehead atoms. The second-order valence-corrected chi connectivity index (χ2v) is 9.32. The highest BCUT2D eigenvalue weighted by Crippen LogP contribution is 2.29. The summed E-state index contributed by atoms with van der Waals surface area (Å²) in [6.07, 6.45) is 0. The molecule has 10 nitrogen and oxygen atoms in total. The van der Waals surface area contributed by atoms with E-state index in [0.717, 1.165) is 0 Å². The van der Waals surface area contributed by atoms with Crippen LogP contribution < -0.4 is 20.7 Å². The highest BCUT2D eigenvalue weighted by Gasteiger charge is 2.14. The number of hydrogen-bond donors (Lipinski definition) is 0. The fraction of sp³-hybridized carbons (Fsp3) is 0.0625. The maximum absolute atomic E-state index is 12.9. The quantitative estimate of drug-likeness (QED) is 0.195. The summed E-state index contributed by atoms with van der Waals surface area (Å²) in [4.78, 5) is 57.4. The second kappa shape index (κ2) is 10.6. The molecule has 0 aliphatic carbocycles. The van der Waals surface area contributed by atoms with Crippen molar-refractivity contribution in [1.29, 1.82) is 0 Å². The number of carbonyl (C=O) groups is 2. The van der Waals surface area contributed by atoms with Gasteiger partial charge in [-0.3, -0.25) is 9.59 Å². The van der Waals surface area contributed by atoms with Crippen molar-refractivity contribution in [3.05, 3.63) is 106 Å². The molecule has 0 N–H and O–H groups in total. The van der Waals surface area contributed by atoms with Gasteiger partial charge in [0.2, 0.25) is 11.8 Å². The zero-order chi connectivity index (χ0) is 29.4. The number of ether oxygens (including phenoxy) is 2. The summed E-state index contributed by atoms with van der Waals surface area (Å²) in [7, 11) is 0. The molecule has 0 amide bonds. The number of nitrogens with zero attached hydrogens (tertiary/aromatic N) is 2. The van der Waals surface area contributed by atoms with Gasteiger partial charge in [0, 0.05) is 25.0 Å². The monoisotopic (exact) mass is 560 g/mol. The molecule has 0 fully saturated rings. The lowest BCUT2D eigenvalue weighted by molar-refractivity contribution is -0.132. The van der Waals surface area contributed by atoms with Crippen LogP contribution in [0.25, 0.3) is 55.8 Å². The molecule has 0 unspecified atom stereocenters. The molecule has 0 spiro atoms. The number of hydrogen-bond acceptors (Lipinski definition) is 10. The third kappa shape index (κ3) is 5.28. The minimum absolute atomic E-state index is 0.0813. The van der Waals surface area contributed by atoms with Crippen LogP contribution in [0.1, 0.15) is 13.8 Å². The summed E-state index contributed by atoms with van der Waals surface area (Å²) < 4.78 is 21.2. The van der Waals surface area contributed by atoms with E-state index in [2.05, 4.69) is 9.97 Å². The first kappa shape index (κ1) is 26.3. The van der Waals surface area contributed by atoms with Crippen molar-refractivity contribution >= 4 is 33.7 Å². The van der Waals surface area contributed by atoms with E-state index in [4.69, 9.17) is 18.3 Å². The van der Waals surface area contributed by atoms with E-state index in [0.29, 0.717) is 44.8 Å². The summed E-state index contributed by atoms with van der Waals surface area (Å²) in [6, 6.07) is 23.2. The van der Waals surface area contributed by atoms with Crippen molar-refractivity contribution in [1.82, 2.24) is 9.97 Å². The number of carbonyl (C=O) groups excluding carboxylic acids is 2. The van der Waals surface area contributed by atoms with Crippen LogP contribution in [0.5, 0.6) is 11.5 Å². The molecule has 6 rings (SSSR count). The third-order valence-electron chi connectivity index (χ3n) is 6.27. The Hall–Kier alpha value is -5.90. The first-order valence-corrected chi connectivity index (χ1v) is 12.7. The summed E-state index contributed by atoms with van der Waals surface area (Å²) in [5.41, 5.74) is 1.87. The predicted octanol–water partition coefficient (Wildman–Crippen LogP) is 5.54. The SMILES string of the molecule is CC(=O)Oc1cccc(-c2nc3ccc(-c4ccc5nc(-c6cccc(OC(C)=O)c6)oc(=O)c5c4)cc3c(=O)o2)c1. The summed E-state index contributed by atoms with van der Waals surface area (Å²) in [5, 5.41) is 0.501. The first-order valence-electron chi connectivity index (χ1n) is 12.7. The van der Waals surface area contributed by atoms with Crippen molar-refractivity contribution in [2.75, 3.05) is 0 Å². The van der Waals surface area contributed by atoms with Crippen LogP contribution in [0.3, 0.4) is 0 Å². The van der Waals surface area contributed by atoms with Gasteiger partial charge in [0.05, 0.1) is 21.8 Å². The van der Waals surface area contributed by atoms with Gasteiger partial charge in [-0.25, -0.2) is 19.6 Å². The lowest BCUT2D eigenvalue weighted by atomic mass is 10.0. The fourth-order valence-electron chi connectivity index (χ4n) is 4.47. The molecule has 2 heterocycles. The Morgan fingerprint density at radius 2 is 1.00 bits per heavy atom. The van der Waals surface area contributed by atoms with Crippen molar-refractivity contribution in [2.45, 2.75) is 13.8 Å². The van der Waals surface area contributed by atoms with Crippen LogP contribution >= 0.6 is 0 Å². The molecule has 0 aliphatic heterocycles. The lowest BCUT2D eigenvalue weighted by Crippen LogP contribution is -2.05. The molecule has 206 valence electrons. The van der Waals surface area contributed by atoms with Gasteiger partial charge in [-0.15, -0.1) is 0 Å². The van der Waals surface area contributed by atoms with Crippen LogP contribution in [0.2, 0.25) is 0 Å². The van der Waals surface area contributed by atoms with Gasteiger partial charge in [0.15, 0.2) is 0 Å². The molecule has 2 aromatic heterocycles. The van der Waals surface area contributed by atoms with Gasteiger partial charge in [-0.2, -0.15) is 0 Å². The van der Waals surface area contributed by atoms with Crippen molar-refractivity contribution in [2.24, 2.45) is 0 Å². The van der Waals surface area contributed by atoms with Gasteiger partial charge < -0.3 is 18.3 Å². The molecule has 0 radical (unpaired) electrons. The summed E-state index contributed by atoms with van der Waals surface area (Å²) in [5.74, 6) is -0.172. The molecule has 42 heavy (non-hydrogen) atoms. The molecule has 0 saturated carbocycles. The molecule has 4 aromatic carbocycles. The van der Waals surface area contributed by atoms with Crippen LogP contribution in [0.4, 0.5) is 0 Å².